The monoisotopic (exact) mass is 489 g/mol. The van der Waals surface area contributed by atoms with Crippen LogP contribution < -0.4 is 16.0 Å². The maximum Gasteiger partial charge on any atom is 0.338 e. The number of rotatable bonds is 9. The molecule has 1 aliphatic heterocycles. The van der Waals surface area contributed by atoms with Gasteiger partial charge < -0.3 is 25.1 Å². The Balaban J connectivity index is 1.46. The van der Waals surface area contributed by atoms with Crippen molar-refractivity contribution >= 4 is 40.2 Å². The number of nitrogens with one attached hydrogen (secondary N) is 3. The van der Waals surface area contributed by atoms with Crippen LogP contribution in [0.15, 0.2) is 62.7 Å². The molecule has 172 valence electrons. The molecule has 1 atom stereocenters. The summed E-state index contributed by atoms with van der Waals surface area (Å²) >= 11 is 2.66. The molecule has 0 saturated heterocycles. The Morgan fingerprint density at radius 1 is 1.30 bits per heavy atom. The topological polar surface area (TPSA) is 118 Å². The molecular formula is C21H20FN5O4S2. The Kier molecular flexibility index (Phi) is 7.25. The molecule has 0 bridgehead atoms. The van der Waals surface area contributed by atoms with Gasteiger partial charge in [-0.05, 0) is 36.8 Å². The summed E-state index contributed by atoms with van der Waals surface area (Å²) in [6, 6.07) is 8.35. The molecule has 0 fully saturated rings. The molecule has 3 heterocycles. The maximum atomic E-state index is 13.0. The minimum Gasteiger partial charge on any atom is -0.467 e. The van der Waals surface area contributed by atoms with Gasteiger partial charge >= 0.3 is 12.0 Å². The second-order valence-corrected chi connectivity index (χ2v) is 9.00. The number of furan rings is 1. The zero-order valence-corrected chi connectivity index (χ0v) is 19.1. The van der Waals surface area contributed by atoms with Gasteiger partial charge in [0.15, 0.2) is 4.34 Å². The van der Waals surface area contributed by atoms with Crippen molar-refractivity contribution in [1.29, 1.82) is 0 Å². The SMILES string of the molecule is CCOC(=O)C1=C(CSc2nnc(NCc3ccc(F)cc3)s2)NC(=O)NC1c1ccco1. The highest BCUT2D eigenvalue weighted by Gasteiger charge is 2.35. The first kappa shape index (κ1) is 22.8. The summed E-state index contributed by atoms with van der Waals surface area (Å²) in [5.41, 5.74) is 1.60. The number of carbonyl (C=O) groups is 2. The van der Waals surface area contributed by atoms with Gasteiger partial charge in [0, 0.05) is 18.0 Å². The molecule has 12 heteroatoms. The number of ether oxygens (including phenoxy) is 1. The number of aromatic nitrogens is 2. The lowest BCUT2D eigenvalue weighted by Crippen LogP contribution is -2.46. The third-order valence-corrected chi connectivity index (χ3v) is 6.62. The zero-order valence-electron chi connectivity index (χ0n) is 17.5. The Morgan fingerprint density at radius 3 is 2.85 bits per heavy atom. The number of halogens is 1. The standard InChI is InChI=1S/C21H20FN5O4S2/c1-2-30-18(28)16-14(24-19(29)25-17(16)15-4-3-9-31-15)11-32-21-27-26-20(33-21)23-10-12-5-7-13(22)8-6-12/h3-9,17H,2,10-11H2,1H3,(H,23,26)(H2,24,25,29). The minimum atomic E-state index is -0.759. The van der Waals surface area contributed by atoms with E-state index in [1.165, 1.54) is 41.5 Å². The minimum absolute atomic E-state index is 0.195. The van der Waals surface area contributed by atoms with Gasteiger partial charge in [-0.1, -0.05) is 35.2 Å². The Labute approximate surface area is 196 Å². The highest BCUT2D eigenvalue weighted by atomic mass is 32.2. The second-order valence-electron chi connectivity index (χ2n) is 6.80. The molecule has 2 amide bonds. The summed E-state index contributed by atoms with van der Waals surface area (Å²) in [7, 11) is 0. The summed E-state index contributed by atoms with van der Waals surface area (Å²) in [5.74, 6) is -0.130. The van der Waals surface area contributed by atoms with Gasteiger partial charge in [0.05, 0.1) is 18.4 Å². The lowest BCUT2D eigenvalue weighted by atomic mass is 10.0. The fourth-order valence-electron chi connectivity index (χ4n) is 3.10. The molecule has 0 saturated carbocycles. The van der Waals surface area contributed by atoms with E-state index in [1.54, 1.807) is 31.2 Å². The van der Waals surface area contributed by atoms with E-state index in [2.05, 4.69) is 26.1 Å². The maximum absolute atomic E-state index is 13.0. The van der Waals surface area contributed by atoms with Crippen molar-refractivity contribution in [1.82, 2.24) is 20.8 Å². The van der Waals surface area contributed by atoms with Crippen LogP contribution in [0, 0.1) is 5.82 Å². The van der Waals surface area contributed by atoms with E-state index in [9.17, 15) is 14.0 Å². The van der Waals surface area contributed by atoms with Crippen LogP contribution in [0.25, 0.3) is 0 Å². The van der Waals surface area contributed by atoms with Gasteiger partial charge in [-0.25, -0.2) is 14.0 Å². The van der Waals surface area contributed by atoms with Gasteiger partial charge in [-0.3, -0.25) is 0 Å². The highest BCUT2D eigenvalue weighted by Crippen LogP contribution is 2.32. The van der Waals surface area contributed by atoms with E-state index in [0.29, 0.717) is 27.5 Å². The van der Waals surface area contributed by atoms with E-state index >= 15 is 0 Å². The Hall–Kier alpha value is -3.38. The molecule has 1 unspecified atom stereocenters. The number of esters is 1. The van der Waals surface area contributed by atoms with Crippen LogP contribution in [-0.2, 0) is 16.1 Å². The number of anilines is 1. The second kappa shape index (κ2) is 10.5. The number of thioether (sulfide) groups is 1. The molecule has 2 aromatic heterocycles. The third-order valence-electron chi connectivity index (χ3n) is 4.58. The quantitative estimate of drug-likeness (QED) is 0.306. The van der Waals surface area contributed by atoms with Crippen LogP contribution in [0.3, 0.4) is 0 Å². The van der Waals surface area contributed by atoms with Crippen LogP contribution in [0.1, 0.15) is 24.3 Å². The predicted octanol–water partition coefficient (Wildman–Crippen LogP) is 3.85. The summed E-state index contributed by atoms with van der Waals surface area (Å²) < 4.78 is 24.3. The first-order valence-electron chi connectivity index (χ1n) is 9.99. The molecule has 0 radical (unpaired) electrons. The molecule has 0 spiro atoms. The zero-order chi connectivity index (χ0) is 23.2. The first-order chi connectivity index (χ1) is 16.0. The third kappa shape index (κ3) is 5.71. The van der Waals surface area contributed by atoms with Crippen molar-refractivity contribution in [3.05, 3.63) is 71.1 Å². The molecular weight excluding hydrogens is 469 g/mol. The van der Waals surface area contributed by atoms with Crippen LogP contribution in [-0.4, -0.2) is 34.6 Å². The van der Waals surface area contributed by atoms with Crippen LogP contribution in [0.2, 0.25) is 0 Å². The Morgan fingerprint density at radius 2 is 2.12 bits per heavy atom. The summed E-state index contributed by atoms with van der Waals surface area (Å²) in [4.78, 5) is 24.9. The average molecular weight is 490 g/mol. The first-order valence-corrected chi connectivity index (χ1v) is 11.8. The van der Waals surface area contributed by atoms with Gasteiger partial charge in [-0.15, -0.1) is 10.2 Å². The number of amides is 2. The normalized spacial score (nSPS) is 15.7. The van der Waals surface area contributed by atoms with E-state index in [4.69, 9.17) is 9.15 Å². The van der Waals surface area contributed by atoms with Crippen LogP contribution in [0.4, 0.5) is 14.3 Å². The van der Waals surface area contributed by atoms with E-state index in [1.807, 2.05) is 0 Å². The van der Waals surface area contributed by atoms with Crippen molar-refractivity contribution in [2.24, 2.45) is 0 Å². The average Bonchev–Trinajstić information content (AvgIpc) is 3.49. The number of hydrogen-bond acceptors (Lipinski definition) is 9. The molecule has 3 aromatic rings. The van der Waals surface area contributed by atoms with Crippen molar-refractivity contribution in [3.8, 4) is 0 Å². The van der Waals surface area contributed by atoms with Crippen molar-refractivity contribution in [3.63, 3.8) is 0 Å². The smallest absolute Gasteiger partial charge is 0.338 e. The van der Waals surface area contributed by atoms with Gasteiger partial charge in [0.1, 0.15) is 17.6 Å². The largest absolute Gasteiger partial charge is 0.467 e. The number of urea groups is 1. The summed E-state index contributed by atoms with van der Waals surface area (Å²) in [5, 5.41) is 17.4. The lowest BCUT2D eigenvalue weighted by Gasteiger charge is -2.27. The number of nitrogens with zero attached hydrogens (tertiary/aromatic N) is 2. The van der Waals surface area contributed by atoms with Crippen molar-refractivity contribution in [2.75, 3.05) is 17.7 Å². The van der Waals surface area contributed by atoms with Crippen LogP contribution in [0.5, 0.6) is 0 Å². The highest BCUT2D eigenvalue weighted by molar-refractivity contribution is 8.01. The molecule has 9 nitrogen and oxygen atoms in total. The van der Waals surface area contributed by atoms with E-state index < -0.39 is 18.0 Å². The fourth-order valence-corrected chi connectivity index (χ4v) is 4.82. The summed E-state index contributed by atoms with van der Waals surface area (Å²) in [6.45, 7) is 2.39. The molecule has 1 aliphatic rings. The molecule has 3 N–H and O–H groups in total. The fraction of sp³-hybridized carbons (Fsp3) is 0.238. The summed E-state index contributed by atoms with van der Waals surface area (Å²) in [6.07, 6.45) is 1.47. The molecule has 1 aromatic carbocycles. The van der Waals surface area contributed by atoms with Crippen molar-refractivity contribution < 1.29 is 23.1 Å². The van der Waals surface area contributed by atoms with Crippen molar-refractivity contribution in [2.45, 2.75) is 23.8 Å². The van der Waals surface area contributed by atoms with Gasteiger partial charge in [0.25, 0.3) is 0 Å². The molecule has 0 aliphatic carbocycles. The van der Waals surface area contributed by atoms with Gasteiger partial charge in [0.2, 0.25) is 5.13 Å². The van der Waals surface area contributed by atoms with Gasteiger partial charge in [-0.2, -0.15) is 0 Å². The van der Waals surface area contributed by atoms with E-state index in [-0.39, 0.29) is 23.8 Å². The van der Waals surface area contributed by atoms with Crippen LogP contribution >= 0.6 is 23.1 Å². The number of carbonyl (C=O) groups excluding carboxylic acids is 2. The number of benzene rings is 1. The molecule has 4 rings (SSSR count). The molecule has 33 heavy (non-hydrogen) atoms. The Bertz CT molecular complexity index is 1150. The lowest BCUT2D eigenvalue weighted by molar-refractivity contribution is -0.139. The number of hydrogen-bond donors (Lipinski definition) is 3. The van der Waals surface area contributed by atoms with E-state index in [0.717, 1.165) is 5.56 Å². The predicted molar refractivity (Wildman–Crippen MR) is 121 cm³/mol.